The Morgan fingerprint density at radius 2 is 0.744 bits per heavy atom. The average molecular weight is 631 g/mol. The van der Waals surface area contributed by atoms with Crippen molar-refractivity contribution in [2.75, 3.05) is 0 Å². The van der Waals surface area contributed by atoms with Crippen LogP contribution in [0.15, 0.2) is 0 Å². The second kappa shape index (κ2) is 23.5. The number of carbonyl (C=O) groups excluding carboxylic acids is 2. The minimum Gasteiger partial charge on any atom is -0.340 e. The van der Waals surface area contributed by atoms with E-state index < -0.39 is 33.4 Å². The maximum Gasteiger partial charge on any atom is 0.409 e. The highest BCUT2D eigenvalue weighted by atomic mass is 32.3. The van der Waals surface area contributed by atoms with Gasteiger partial charge in [-0.3, -0.25) is 9.59 Å². The molecule has 0 atom stereocenters. The van der Waals surface area contributed by atoms with Gasteiger partial charge in [-0.05, 0) is 19.8 Å². The molecule has 8 heteroatoms. The van der Waals surface area contributed by atoms with Gasteiger partial charge in [0.05, 0.1) is 0 Å². The van der Waals surface area contributed by atoms with Crippen molar-refractivity contribution in [1.82, 2.24) is 0 Å². The van der Waals surface area contributed by atoms with E-state index in [1.165, 1.54) is 122 Å². The highest BCUT2D eigenvalue weighted by molar-refractivity contribution is 7.82. The molecule has 0 spiro atoms. The van der Waals surface area contributed by atoms with Gasteiger partial charge >= 0.3 is 16.4 Å². The summed E-state index contributed by atoms with van der Waals surface area (Å²) < 4.78 is 32.3. The van der Waals surface area contributed by atoms with Crippen LogP contribution in [0.3, 0.4) is 0 Å². The lowest BCUT2D eigenvalue weighted by atomic mass is 9.75. The van der Waals surface area contributed by atoms with E-state index in [0.717, 1.165) is 38.5 Å². The number of hydrogen-bond donors (Lipinski definition) is 1. The number of carbonyl (C=O) groups is 2. The van der Waals surface area contributed by atoms with E-state index in [1.54, 1.807) is 0 Å². The normalized spacial score (nSPS) is 15.8. The van der Waals surface area contributed by atoms with Gasteiger partial charge in [-0.2, -0.15) is 16.8 Å². The molecule has 0 aromatic carbocycles. The van der Waals surface area contributed by atoms with Crippen LogP contribution in [-0.2, 0) is 28.4 Å². The molecule has 43 heavy (non-hydrogen) atoms. The minimum absolute atomic E-state index is 0.0771. The van der Waals surface area contributed by atoms with Crippen LogP contribution in [0, 0.1) is 5.41 Å². The van der Waals surface area contributed by atoms with Crippen molar-refractivity contribution in [3.63, 3.8) is 0 Å². The second-order valence-electron chi connectivity index (χ2n) is 13.1. The Morgan fingerprint density at radius 1 is 0.512 bits per heavy atom. The fraction of sp³-hybridized carbons (Fsp3) is 0.943. The first-order valence-corrected chi connectivity index (χ1v) is 19.4. The van der Waals surface area contributed by atoms with E-state index >= 15 is 0 Å². The van der Waals surface area contributed by atoms with E-state index in [0.29, 0.717) is 12.8 Å². The van der Waals surface area contributed by atoms with E-state index in [-0.39, 0.29) is 12.8 Å². The summed E-state index contributed by atoms with van der Waals surface area (Å²) in [7, 11) is -4.39. The van der Waals surface area contributed by atoms with E-state index in [4.69, 9.17) is 0 Å². The van der Waals surface area contributed by atoms with Crippen molar-refractivity contribution in [3.8, 4) is 0 Å². The number of hydrogen-bond acceptors (Lipinski definition) is 7. The zero-order chi connectivity index (χ0) is 31.9. The van der Waals surface area contributed by atoms with Gasteiger partial charge in [-0.15, -0.1) is 0 Å². The Morgan fingerprint density at radius 3 is 0.977 bits per heavy atom. The van der Waals surface area contributed by atoms with Crippen LogP contribution in [0.1, 0.15) is 201 Å². The average Bonchev–Trinajstić information content (AvgIpc) is 2.96. The number of Topliss-reactive ketones (excluding diaryl/α,β-unsaturated/α-hetero) is 2. The van der Waals surface area contributed by atoms with Crippen molar-refractivity contribution >= 4 is 22.0 Å². The summed E-state index contributed by atoms with van der Waals surface area (Å²) in [4.78, 5) is 26.5. The summed E-state index contributed by atoms with van der Waals surface area (Å²) in [5, 5.41) is 10.7. The molecular formula is C35H66O7S. The van der Waals surface area contributed by atoms with Gasteiger partial charge in [0.15, 0.2) is 17.0 Å². The lowest BCUT2D eigenvalue weighted by molar-refractivity contribution is -0.363. The lowest BCUT2D eigenvalue weighted by Crippen LogP contribution is -2.66. The van der Waals surface area contributed by atoms with Crippen LogP contribution in [0.25, 0.3) is 0 Å². The molecule has 1 saturated heterocycles. The highest BCUT2D eigenvalue weighted by Crippen LogP contribution is 2.46. The molecule has 0 aliphatic carbocycles. The van der Waals surface area contributed by atoms with E-state index in [2.05, 4.69) is 22.2 Å². The fourth-order valence-electron chi connectivity index (χ4n) is 6.06. The third-order valence-electron chi connectivity index (χ3n) is 9.19. The molecule has 254 valence electrons. The predicted octanol–water partition coefficient (Wildman–Crippen LogP) is 10.0. The monoisotopic (exact) mass is 630 g/mol. The van der Waals surface area contributed by atoms with Crippen LogP contribution in [-0.4, -0.2) is 31.1 Å². The molecule has 1 rings (SSSR count). The maximum absolute atomic E-state index is 13.3. The largest absolute Gasteiger partial charge is 0.409 e. The van der Waals surface area contributed by atoms with E-state index in [1.807, 2.05) is 0 Å². The molecular weight excluding hydrogens is 564 g/mol. The molecule has 0 unspecified atom stereocenters. The Hall–Kier alpha value is -0.830. The van der Waals surface area contributed by atoms with Crippen LogP contribution in [0.2, 0.25) is 0 Å². The smallest absolute Gasteiger partial charge is 0.340 e. The molecule has 0 aromatic rings. The molecule has 0 aromatic heterocycles. The molecule has 0 saturated carbocycles. The van der Waals surface area contributed by atoms with Gasteiger partial charge in [0.1, 0.15) is 0 Å². The van der Waals surface area contributed by atoms with Gasteiger partial charge in [0.2, 0.25) is 0 Å². The maximum atomic E-state index is 13.3. The van der Waals surface area contributed by atoms with Crippen LogP contribution >= 0.6 is 0 Å². The standard InChI is InChI=1S/C35H66O7S/c1-4-6-8-10-12-14-16-18-20-22-24-26-28-30-32(36)34(3,35(38)41-43(39,40)42-35)33(37)31-29-27-25-23-21-19-17-15-13-11-9-7-5-2/h38H,4-31H2,1-3H3. The van der Waals surface area contributed by atoms with Crippen molar-refractivity contribution in [2.24, 2.45) is 5.41 Å². The van der Waals surface area contributed by atoms with Crippen molar-refractivity contribution < 1.29 is 31.5 Å². The first-order chi connectivity index (χ1) is 20.6. The zero-order valence-corrected chi connectivity index (χ0v) is 28.9. The fourth-order valence-corrected chi connectivity index (χ4v) is 6.96. The molecule has 0 bridgehead atoms. The summed E-state index contributed by atoms with van der Waals surface area (Å²) >= 11 is 0. The van der Waals surface area contributed by atoms with Gasteiger partial charge in [-0.25, -0.2) is 0 Å². The molecule has 0 radical (unpaired) electrons. The third kappa shape index (κ3) is 16.3. The van der Waals surface area contributed by atoms with E-state index in [9.17, 15) is 23.1 Å². The summed E-state index contributed by atoms with van der Waals surface area (Å²) in [6.45, 7) is 5.75. The Balaban J connectivity index is 2.30. The number of ketones is 2. The minimum atomic E-state index is -4.39. The molecule has 0 amide bonds. The number of aliphatic hydroxyl groups is 1. The van der Waals surface area contributed by atoms with Crippen LogP contribution < -0.4 is 0 Å². The highest BCUT2D eigenvalue weighted by Gasteiger charge is 2.69. The summed E-state index contributed by atoms with van der Waals surface area (Å²) in [6.07, 6.45) is 30.7. The van der Waals surface area contributed by atoms with Crippen molar-refractivity contribution in [2.45, 2.75) is 207 Å². The predicted molar refractivity (Wildman–Crippen MR) is 175 cm³/mol. The molecule has 1 aliphatic rings. The molecule has 7 nitrogen and oxygen atoms in total. The Bertz CT molecular complexity index is 785. The summed E-state index contributed by atoms with van der Waals surface area (Å²) in [6, 6.07) is 0. The number of unbranched alkanes of at least 4 members (excludes halogenated alkanes) is 24. The van der Waals surface area contributed by atoms with Crippen molar-refractivity contribution in [1.29, 1.82) is 0 Å². The molecule has 1 aliphatic heterocycles. The number of rotatable bonds is 31. The molecule has 1 fully saturated rings. The van der Waals surface area contributed by atoms with Gasteiger partial charge in [0, 0.05) is 12.8 Å². The van der Waals surface area contributed by atoms with Crippen LogP contribution in [0.5, 0.6) is 0 Å². The lowest BCUT2D eigenvalue weighted by Gasteiger charge is -2.44. The quantitative estimate of drug-likeness (QED) is 0.0600. The SMILES string of the molecule is CCCCCCCCCCCCCCCC(=O)C(C)(C(=O)CCCCCCCCCCCCCCC)C1(O)OS(=O)(=O)O1. The Kier molecular flexibility index (Phi) is 22.0. The summed E-state index contributed by atoms with van der Waals surface area (Å²) in [5.74, 6) is -3.80. The van der Waals surface area contributed by atoms with Crippen LogP contribution in [0.4, 0.5) is 0 Å². The van der Waals surface area contributed by atoms with Crippen molar-refractivity contribution in [3.05, 3.63) is 0 Å². The first kappa shape index (κ1) is 40.2. The van der Waals surface area contributed by atoms with Gasteiger partial charge < -0.3 is 5.11 Å². The summed E-state index contributed by atoms with van der Waals surface area (Å²) in [5.41, 5.74) is -2.06. The zero-order valence-electron chi connectivity index (χ0n) is 28.1. The topological polar surface area (TPSA) is 107 Å². The first-order valence-electron chi connectivity index (χ1n) is 18.1. The molecule has 1 N–H and O–H groups in total. The molecule has 1 heterocycles. The second-order valence-corrected chi connectivity index (χ2v) is 14.3. The van der Waals surface area contributed by atoms with Gasteiger partial charge in [0.25, 0.3) is 0 Å². The van der Waals surface area contributed by atoms with Gasteiger partial charge in [-0.1, -0.05) is 168 Å². The third-order valence-corrected chi connectivity index (χ3v) is 10.1. The Labute approximate surface area is 265 Å².